The maximum atomic E-state index is 9.55. The van der Waals surface area contributed by atoms with Gasteiger partial charge >= 0.3 is 0 Å². The van der Waals surface area contributed by atoms with Crippen LogP contribution < -0.4 is 5.32 Å². The number of rotatable bonds is 3. The van der Waals surface area contributed by atoms with E-state index in [1.165, 1.54) is 6.07 Å². The van der Waals surface area contributed by atoms with E-state index in [2.05, 4.69) is 16.3 Å². The van der Waals surface area contributed by atoms with Gasteiger partial charge in [0.2, 0.25) is 0 Å². The van der Waals surface area contributed by atoms with Crippen molar-refractivity contribution in [2.45, 2.75) is 12.5 Å². The first-order chi connectivity index (χ1) is 8.72. The molecule has 1 saturated heterocycles. The molecule has 1 heterocycles. The third kappa shape index (κ3) is 2.73. The zero-order chi connectivity index (χ0) is 13.0. The normalized spacial score (nSPS) is 18.2. The molecule has 0 radical (unpaired) electrons. The fourth-order valence-corrected chi connectivity index (χ4v) is 2.29. The number of hydrogen-bond donors (Lipinski definition) is 3. The molecule has 1 atom stereocenters. The van der Waals surface area contributed by atoms with E-state index in [9.17, 15) is 10.2 Å². The summed E-state index contributed by atoms with van der Waals surface area (Å²) in [6.07, 6.45) is 0.379. The lowest BCUT2D eigenvalue weighted by atomic mass is 10.0. The van der Waals surface area contributed by atoms with Crippen LogP contribution in [0.3, 0.4) is 0 Å². The Balaban J connectivity index is 2.22. The van der Waals surface area contributed by atoms with Gasteiger partial charge in [0.15, 0.2) is 11.5 Å². The molecule has 1 aliphatic heterocycles. The Kier molecular flexibility index (Phi) is 4.03. The largest absolute Gasteiger partial charge is 0.504 e. The fourth-order valence-electron chi connectivity index (χ4n) is 2.29. The summed E-state index contributed by atoms with van der Waals surface area (Å²) < 4.78 is 0. The van der Waals surface area contributed by atoms with Gasteiger partial charge in [0.05, 0.1) is 12.5 Å². The number of benzene rings is 1. The number of aromatic hydroxyl groups is 2. The Morgan fingerprint density at radius 3 is 2.61 bits per heavy atom. The first kappa shape index (κ1) is 12.7. The monoisotopic (exact) mass is 247 g/mol. The number of nitrogens with zero attached hydrogens (tertiary/aromatic N) is 2. The zero-order valence-electron chi connectivity index (χ0n) is 10.1. The maximum absolute atomic E-state index is 9.55. The minimum atomic E-state index is -0.134. The highest BCUT2D eigenvalue weighted by molar-refractivity contribution is 5.41. The number of piperazine rings is 1. The van der Waals surface area contributed by atoms with Gasteiger partial charge in [0.25, 0.3) is 0 Å². The van der Waals surface area contributed by atoms with Gasteiger partial charge in [-0.1, -0.05) is 6.07 Å². The van der Waals surface area contributed by atoms with Gasteiger partial charge < -0.3 is 15.5 Å². The van der Waals surface area contributed by atoms with Crippen LogP contribution >= 0.6 is 0 Å². The molecule has 1 aromatic carbocycles. The predicted molar refractivity (Wildman–Crippen MR) is 67.2 cm³/mol. The standard InChI is InChI=1S/C13H17N3O2/c14-4-3-11(16-7-5-15-6-8-16)10-1-2-12(17)13(18)9-10/h1-2,9,11,15,17-18H,3,5-8H2/t11-/m0/s1. The molecule has 0 spiro atoms. The number of nitrogens with one attached hydrogen (secondary N) is 1. The number of nitriles is 1. The molecule has 0 aromatic heterocycles. The van der Waals surface area contributed by atoms with E-state index >= 15 is 0 Å². The Hall–Kier alpha value is -1.77. The molecule has 0 saturated carbocycles. The molecule has 0 amide bonds. The van der Waals surface area contributed by atoms with E-state index in [0.29, 0.717) is 6.42 Å². The molecule has 0 bridgehead atoms. The lowest BCUT2D eigenvalue weighted by Crippen LogP contribution is -2.45. The second-order valence-corrected chi connectivity index (χ2v) is 4.41. The molecule has 1 aliphatic rings. The molecule has 5 heteroatoms. The smallest absolute Gasteiger partial charge is 0.157 e. The highest BCUT2D eigenvalue weighted by atomic mass is 16.3. The Morgan fingerprint density at radius 2 is 2.00 bits per heavy atom. The van der Waals surface area contributed by atoms with Gasteiger partial charge in [0, 0.05) is 32.2 Å². The molecule has 1 fully saturated rings. The van der Waals surface area contributed by atoms with E-state index < -0.39 is 0 Å². The summed E-state index contributed by atoms with van der Waals surface area (Å²) in [6, 6.07) is 6.94. The summed E-state index contributed by atoms with van der Waals surface area (Å²) in [5.41, 5.74) is 0.869. The zero-order valence-corrected chi connectivity index (χ0v) is 10.1. The van der Waals surface area contributed by atoms with Crippen molar-refractivity contribution in [3.8, 4) is 17.6 Å². The maximum Gasteiger partial charge on any atom is 0.157 e. The second-order valence-electron chi connectivity index (χ2n) is 4.41. The molecule has 96 valence electrons. The average molecular weight is 247 g/mol. The van der Waals surface area contributed by atoms with Crippen molar-refractivity contribution < 1.29 is 10.2 Å². The molecule has 18 heavy (non-hydrogen) atoms. The fraction of sp³-hybridized carbons (Fsp3) is 0.462. The quantitative estimate of drug-likeness (QED) is 0.693. The highest BCUT2D eigenvalue weighted by Gasteiger charge is 2.22. The van der Waals surface area contributed by atoms with E-state index in [-0.39, 0.29) is 17.5 Å². The van der Waals surface area contributed by atoms with Gasteiger partial charge in [-0.15, -0.1) is 0 Å². The Labute approximate surface area is 106 Å². The number of hydrogen-bond acceptors (Lipinski definition) is 5. The van der Waals surface area contributed by atoms with Crippen molar-refractivity contribution in [3.63, 3.8) is 0 Å². The van der Waals surface area contributed by atoms with Gasteiger partial charge in [-0.3, -0.25) is 4.90 Å². The van der Waals surface area contributed by atoms with E-state index in [0.717, 1.165) is 31.7 Å². The average Bonchev–Trinajstić information content (AvgIpc) is 2.40. The van der Waals surface area contributed by atoms with Crippen molar-refractivity contribution in [1.82, 2.24) is 10.2 Å². The van der Waals surface area contributed by atoms with Crippen LogP contribution in [0.4, 0.5) is 0 Å². The van der Waals surface area contributed by atoms with E-state index in [1.807, 2.05) is 0 Å². The van der Waals surface area contributed by atoms with Crippen LogP contribution in [-0.2, 0) is 0 Å². The molecule has 0 aliphatic carbocycles. The minimum Gasteiger partial charge on any atom is -0.504 e. The third-order valence-electron chi connectivity index (χ3n) is 3.26. The SMILES string of the molecule is N#CC[C@@H](c1ccc(O)c(O)c1)N1CCNCC1. The molecule has 0 unspecified atom stereocenters. The number of phenols is 2. The van der Waals surface area contributed by atoms with Crippen LogP contribution in [0, 0.1) is 11.3 Å². The molecule has 5 nitrogen and oxygen atoms in total. The van der Waals surface area contributed by atoms with Gasteiger partial charge in [-0.25, -0.2) is 0 Å². The first-order valence-electron chi connectivity index (χ1n) is 6.06. The topological polar surface area (TPSA) is 79.5 Å². The molecule has 1 aromatic rings. The lowest BCUT2D eigenvalue weighted by molar-refractivity contribution is 0.175. The van der Waals surface area contributed by atoms with Crippen LogP contribution in [0.15, 0.2) is 18.2 Å². The Bertz CT molecular complexity index is 450. The van der Waals surface area contributed by atoms with Crippen molar-refractivity contribution in [3.05, 3.63) is 23.8 Å². The van der Waals surface area contributed by atoms with Crippen LogP contribution in [0.2, 0.25) is 0 Å². The molecular formula is C13H17N3O2. The summed E-state index contributed by atoms with van der Waals surface area (Å²) >= 11 is 0. The highest BCUT2D eigenvalue weighted by Crippen LogP contribution is 2.31. The summed E-state index contributed by atoms with van der Waals surface area (Å²) in [5.74, 6) is -0.264. The summed E-state index contributed by atoms with van der Waals surface area (Å²) in [6.45, 7) is 3.58. The van der Waals surface area contributed by atoms with Crippen molar-refractivity contribution in [1.29, 1.82) is 5.26 Å². The van der Waals surface area contributed by atoms with Gasteiger partial charge in [-0.2, -0.15) is 5.26 Å². The van der Waals surface area contributed by atoms with Gasteiger partial charge in [0.1, 0.15) is 0 Å². The van der Waals surface area contributed by atoms with Crippen LogP contribution in [0.1, 0.15) is 18.0 Å². The molecule has 3 N–H and O–H groups in total. The second kappa shape index (κ2) is 5.71. The first-order valence-corrected chi connectivity index (χ1v) is 6.06. The minimum absolute atomic E-state index is 0.0244. The van der Waals surface area contributed by atoms with Crippen molar-refractivity contribution >= 4 is 0 Å². The van der Waals surface area contributed by atoms with Crippen LogP contribution in [-0.4, -0.2) is 41.3 Å². The van der Waals surface area contributed by atoms with Crippen molar-refractivity contribution in [2.24, 2.45) is 0 Å². The van der Waals surface area contributed by atoms with Crippen molar-refractivity contribution in [2.75, 3.05) is 26.2 Å². The summed E-state index contributed by atoms with van der Waals surface area (Å²) in [5, 5.41) is 31.1. The van der Waals surface area contributed by atoms with E-state index in [1.54, 1.807) is 12.1 Å². The summed E-state index contributed by atoms with van der Waals surface area (Å²) in [4.78, 5) is 2.23. The summed E-state index contributed by atoms with van der Waals surface area (Å²) in [7, 11) is 0. The lowest BCUT2D eigenvalue weighted by Gasteiger charge is -2.34. The number of phenolic OH excluding ortho intramolecular Hbond substituents is 2. The van der Waals surface area contributed by atoms with Crippen LogP contribution in [0.25, 0.3) is 0 Å². The molecule has 2 rings (SSSR count). The third-order valence-corrected chi connectivity index (χ3v) is 3.26. The van der Waals surface area contributed by atoms with E-state index in [4.69, 9.17) is 5.26 Å². The predicted octanol–water partition coefficient (Wildman–Crippen LogP) is 0.958. The Morgan fingerprint density at radius 1 is 1.28 bits per heavy atom. The molecular weight excluding hydrogens is 230 g/mol. The van der Waals surface area contributed by atoms with Crippen LogP contribution in [0.5, 0.6) is 11.5 Å². The van der Waals surface area contributed by atoms with Gasteiger partial charge in [-0.05, 0) is 17.7 Å².